The van der Waals surface area contributed by atoms with Crippen LogP contribution in [0.4, 0.5) is 4.79 Å². The van der Waals surface area contributed by atoms with Crippen LogP contribution >= 0.6 is 11.8 Å². The largest absolute Gasteiger partial charge is 0.493 e. The fourth-order valence-corrected chi connectivity index (χ4v) is 2.52. The average Bonchev–Trinajstić information content (AvgIpc) is 2.75. The molecule has 1 aromatic rings. The molecule has 8 heteroatoms. The second-order valence-corrected chi connectivity index (χ2v) is 4.94. The predicted octanol–water partition coefficient (Wildman–Crippen LogP) is 1.73. The Labute approximate surface area is 123 Å². The first kappa shape index (κ1) is 14.9. The number of thioether (sulfide) groups is 1. The van der Waals surface area contributed by atoms with Crippen LogP contribution in [0.2, 0.25) is 0 Å². The molecular formula is C13H11NO6S. The van der Waals surface area contributed by atoms with Crippen molar-refractivity contribution in [2.24, 2.45) is 0 Å². The lowest BCUT2D eigenvalue weighted by Gasteiger charge is -2.12. The molecule has 1 aromatic carbocycles. The van der Waals surface area contributed by atoms with E-state index >= 15 is 0 Å². The summed E-state index contributed by atoms with van der Waals surface area (Å²) in [5, 5.41) is 11.0. The summed E-state index contributed by atoms with van der Waals surface area (Å²) >= 11 is 0.709. The van der Waals surface area contributed by atoms with Crippen molar-refractivity contribution >= 4 is 35.0 Å². The smallest absolute Gasteiger partial charge is 0.340 e. The van der Waals surface area contributed by atoms with Crippen LogP contribution in [0.3, 0.4) is 0 Å². The Morgan fingerprint density at radius 1 is 1.29 bits per heavy atom. The van der Waals surface area contributed by atoms with Crippen molar-refractivity contribution in [3.05, 3.63) is 28.2 Å². The zero-order valence-corrected chi connectivity index (χ0v) is 11.9. The molecule has 1 heterocycles. The molecule has 0 aliphatic carbocycles. The van der Waals surface area contributed by atoms with Gasteiger partial charge in [0.1, 0.15) is 5.56 Å². The number of rotatable bonds is 4. The van der Waals surface area contributed by atoms with E-state index in [2.05, 4.69) is 5.32 Å². The molecule has 0 saturated carbocycles. The third-order valence-electron chi connectivity index (χ3n) is 2.72. The molecule has 2 rings (SSSR count). The summed E-state index contributed by atoms with van der Waals surface area (Å²) in [5.41, 5.74) is 0.101. The number of amides is 2. The summed E-state index contributed by atoms with van der Waals surface area (Å²) in [4.78, 5) is 34.2. The fraction of sp³-hybridized carbons (Fsp3) is 0.154. The standard InChI is InChI=1S/C13H11NO6S/c1-19-7-4-3-6(9(12(16)17)10(7)20-2)5-8-11(15)14-13(18)21-8/h3-5H,1-2H3,(H,16,17)(H,14,15,18)/b8-5+. The molecule has 0 aromatic heterocycles. The molecule has 1 fully saturated rings. The summed E-state index contributed by atoms with van der Waals surface area (Å²) in [7, 11) is 2.71. The van der Waals surface area contributed by atoms with Gasteiger partial charge in [0.2, 0.25) is 0 Å². The zero-order chi connectivity index (χ0) is 15.6. The Hall–Kier alpha value is -2.48. The van der Waals surface area contributed by atoms with Gasteiger partial charge < -0.3 is 14.6 Å². The van der Waals surface area contributed by atoms with Gasteiger partial charge in [0, 0.05) is 0 Å². The Balaban J connectivity index is 2.59. The second kappa shape index (κ2) is 5.88. The maximum Gasteiger partial charge on any atom is 0.340 e. The summed E-state index contributed by atoms with van der Waals surface area (Å²) in [6.45, 7) is 0. The third-order valence-corrected chi connectivity index (χ3v) is 3.53. The zero-order valence-electron chi connectivity index (χ0n) is 11.1. The molecule has 0 radical (unpaired) electrons. The molecule has 0 spiro atoms. The molecule has 2 amide bonds. The van der Waals surface area contributed by atoms with Crippen LogP contribution < -0.4 is 14.8 Å². The molecule has 0 unspecified atom stereocenters. The molecule has 0 atom stereocenters. The number of hydrogen-bond donors (Lipinski definition) is 2. The molecular weight excluding hydrogens is 298 g/mol. The maximum absolute atomic E-state index is 11.5. The van der Waals surface area contributed by atoms with Crippen LogP contribution in [-0.2, 0) is 4.79 Å². The highest BCUT2D eigenvalue weighted by Crippen LogP contribution is 2.36. The average molecular weight is 309 g/mol. The fourth-order valence-electron chi connectivity index (χ4n) is 1.85. The van der Waals surface area contributed by atoms with Gasteiger partial charge in [-0.05, 0) is 29.5 Å². The number of benzene rings is 1. The van der Waals surface area contributed by atoms with Crippen molar-refractivity contribution in [1.82, 2.24) is 5.32 Å². The number of aromatic carboxylic acids is 1. The number of imide groups is 1. The van der Waals surface area contributed by atoms with Crippen molar-refractivity contribution in [2.75, 3.05) is 14.2 Å². The van der Waals surface area contributed by atoms with E-state index in [-0.39, 0.29) is 27.5 Å². The summed E-state index contributed by atoms with van der Waals surface area (Å²) in [5.74, 6) is -1.48. The van der Waals surface area contributed by atoms with Crippen molar-refractivity contribution in [1.29, 1.82) is 0 Å². The van der Waals surface area contributed by atoms with E-state index in [0.717, 1.165) is 0 Å². The van der Waals surface area contributed by atoms with Gasteiger partial charge in [0.25, 0.3) is 11.1 Å². The van der Waals surface area contributed by atoms with Gasteiger partial charge in [-0.25, -0.2) is 4.79 Å². The van der Waals surface area contributed by atoms with Crippen LogP contribution in [0.25, 0.3) is 6.08 Å². The van der Waals surface area contributed by atoms with Gasteiger partial charge in [0.15, 0.2) is 11.5 Å². The van der Waals surface area contributed by atoms with Gasteiger partial charge in [-0.2, -0.15) is 0 Å². The first-order chi connectivity index (χ1) is 9.97. The molecule has 2 N–H and O–H groups in total. The number of methoxy groups -OCH3 is 2. The highest BCUT2D eigenvalue weighted by atomic mass is 32.2. The second-order valence-electron chi connectivity index (χ2n) is 3.92. The minimum atomic E-state index is -1.23. The lowest BCUT2D eigenvalue weighted by atomic mass is 10.0. The van der Waals surface area contributed by atoms with Crippen LogP contribution in [0.1, 0.15) is 15.9 Å². The normalized spacial score (nSPS) is 16.0. The van der Waals surface area contributed by atoms with Gasteiger partial charge in [-0.15, -0.1) is 0 Å². The molecule has 1 aliphatic heterocycles. The van der Waals surface area contributed by atoms with Crippen molar-refractivity contribution in [3.63, 3.8) is 0 Å². The van der Waals surface area contributed by atoms with E-state index in [0.29, 0.717) is 11.8 Å². The lowest BCUT2D eigenvalue weighted by molar-refractivity contribution is -0.115. The van der Waals surface area contributed by atoms with E-state index < -0.39 is 17.1 Å². The van der Waals surface area contributed by atoms with Crippen molar-refractivity contribution < 1.29 is 29.0 Å². The minimum absolute atomic E-state index is 0.0501. The SMILES string of the molecule is COc1ccc(/C=C2/SC(=O)NC2=O)c(C(=O)O)c1OC. The minimum Gasteiger partial charge on any atom is -0.493 e. The lowest BCUT2D eigenvalue weighted by Crippen LogP contribution is -2.17. The van der Waals surface area contributed by atoms with Crippen LogP contribution in [0.5, 0.6) is 11.5 Å². The van der Waals surface area contributed by atoms with Crippen molar-refractivity contribution in [3.8, 4) is 11.5 Å². The Bertz CT molecular complexity index is 667. The van der Waals surface area contributed by atoms with Crippen molar-refractivity contribution in [2.45, 2.75) is 0 Å². The number of ether oxygens (including phenoxy) is 2. The molecule has 1 saturated heterocycles. The Kier molecular flexibility index (Phi) is 4.18. The Morgan fingerprint density at radius 2 is 2.00 bits per heavy atom. The first-order valence-corrected chi connectivity index (χ1v) is 6.52. The van der Waals surface area contributed by atoms with E-state index in [1.54, 1.807) is 0 Å². The van der Waals surface area contributed by atoms with E-state index in [4.69, 9.17) is 9.47 Å². The van der Waals surface area contributed by atoms with Gasteiger partial charge >= 0.3 is 5.97 Å². The molecule has 0 bridgehead atoms. The highest BCUT2D eigenvalue weighted by Gasteiger charge is 2.27. The maximum atomic E-state index is 11.5. The van der Waals surface area contributed by atoms with E-state index in [1.807, 2.05) is 0 Å². The monoisotopic (exact) mass is 309 g/mol. The van der Waals surface area contributed by atoms with Crippen LogP contribution in [0, 0.1) is 0 Å². The third kappa shape index (κ3) is 2.84. The molecule has 1 aliphatic rings. The van der Waals surface area contributed by atoms with Gasteiger partial charge in [0.05, 0.1) is 19.1 Å². The van der Waals surface area contributed by atoms with E-state index in [9.17, 15) is 19.5 Å². The topological polar surface area (TPSA) is 102 Å². The number of carbonyl (C=O) groups is 3. The highest BCUT2D eigenvalue weighted by molar-refractivity contribution is 8.18. The molecule has 21 heavy (non-hydrogen) atoms. The predicted molar refractivity (Wildman–Crippen MR) is 75.6 cm³/mol. The summed E-state index contributed by atoms with van der Waals surface area (Å²) in [6.07, 6.45) is 1.33. The molecule has 110 valence electrons. The number of carboxylic acid groups (broad SMARTS) is 1. The number of carboxylic acids is 1. The summed E-state index contributed by atoms with van der Waals surface area (Å²) < 4.78 is 10.1. The number of nitrogens with one attached hydrogen (secondary N) is 1. The van der Waals surface area contributed by atoms with E-state index in [1.165, 1.54) is 32.4 Å². The summed E-state index contributed by atoms with van der Waals surface area (Å²) in [6, 6.07) is 3.01. The number of carbonyl (C=O) groups excluding carboxylic acids is 2. The quantitative estimate of drug-likeness (QED) is 0.816. The first-order valence-electron chi connectivity index (χ1n) is 5.71. The van der Waals surface area contributed by atoms with Gasteiger partial charge in [-0.3, -0.25) is 14.9 Å². The molecule has 7 nitrogen and oxygen atoms in total. The van der Waals surface area contributed by atoms with Gasteiger partial charge in [-0.1, -0.05) is 6.07 Å². The number of hydrogen-bond acceptors (Lipinski definition) is 6. The Morgan fingerprint density at radius 3 is 2.48 bits per heavy atom. The van der Waals surface area contributed by atoms with Crippen LogP contribution in [0.15, 0.2) is 17.0 Å². The van der Waals surface area contributed by atoms with Crippen LogP contribution in [-0.4, -0.2) is 36.4 Å².